The number of allylic oxidation sites excluding steroid dienone is 1. The first-order chi connectivity index (χ1) is 13.0. The lowest BCUT2D eigenvalue weighted by Crippen LogP contribution is -2.51. The molecule has 0 bridgehead atoms. The zero-order valence-electron chi connectivity index (χ0n) is 15.7. The van der Waals surface area contributed by atoms with Crippen LogP contribution in [-0.4, -0.2) is 55.5 Å². The van der Waals surface area contributed by atoms with Crippen LogP contribution in [0.15, 0.2) is 53.0 Å². The lowest BCUT2D eigenvalue weighted by Gasteiger charge is -2.38. The summed E-state index contributed by atoms with van der Waals surface area (Å²) in [6.45, 7) is 0.880. The largest absolute Gasteiger partial charge is 0.339 e. The number of nitrogens with one attached hydrogen (secondary N) is 1. The van der Waals surface area contributed by atoms with E-state index in [-0.39, 0.29) is 12.3 Å². The molecule has 1 unspecified atom stereocenters. The Hall–Kier alpha value is -1.37. The number of thiophene rings is 1. The number of rotatable bonds is 7. The number of hydrogen-bond acceptors (Lipinski definition) is 5. The molecule has 0 saturated carbocycles. The van der Waals surface area contributed by atoms with E-state index in [0.717, 1.165) is 24.2 Å². The molecule has 4 nitrogen and oxygen atoms in total. The number of hydrogen-bond donors (Lipinski definition) is 1. The molecule has 3 rings (SSSR count). The zero-order valence-corrected chi connectivity index (χ0v) is 18.0. The van der Waals surface area contributed by atoms with Crippen molar-refractivity contribution in [3.63, 3.8) is 0 Å². The predicted octanol–water partition coefficient (Wildman–Crippen LogP) is 4.35. The van der Waals surface area contributed by atoms with Crippen LogP contribution in [0.25, 0.3) is 0 Å². The van der Waals surface area contributed by atoms with Crippen LogP contribution in [0.5, 0.6) is 0 Å². The number of benzene rings is 1. The fourth-order valence-corrected chi connectivity index (χ4v) is 4.40. The highest BCUT2D eigenvalue weighted by Crippen LogP contribution is 2.25. The van der Waals surface area contributed by atoms with E-state index in [2.05, 4.69) is 59.0 Å². The van der Waals surface area contributed by atoms with Crippen LogP contribution in [0, 0.1) is 0 Å². The lowest BCUT2D eigenvalue weighted by molar-refractivity contribution is 0.152. The maximum Gasteiger partial charge on any atom is 0.176 e. The molecule has 0 spiro atoms. The Labute approximate surface area is 175 Å². The molecular weight excluding hydrogens is 399 g/mol. The van der Waals surface area contributed by atoms with Crippen LogP contribution >= 0.6 is 34.5 Å². The topological polar surface area (TPSA) is 30.9 Å². The van der Waals surface area contributed by atoms with Crippen molar-refractivity contribution in [2.75, 3.05) is 27.7 Å². The van der Waals surface area contributed by atoms with Gasteiger partial charge in [-0.05, 0) is 62.8 Å². The molecule has 1 aliphatic heterocycles. The molecule has 27 heavy (non-hydrogen) atoms. The van der Waals surface area contributed by atoms with Gasteiger partial charge in [-0.25, -0.2) is 4.99 Å². The first-order valence-corrected chi connectivity index (χ1v) is 10.4. The van der Waals surface area contributed by atoms with Gasteiger partial charge in [-0.3, -0.25) is 5.32 Å². The quantitative estimate of drug-likeness (QED) is 0.719. The second kappa shape index (κ2) is 9.22. The standard InChI is InChI=1S/C20H24Cl2N4S/c1-23-20-24-18(19-5-4-10-27-19)8-9-26(20)16(13-25(2)3)11-14-6-7-15(21)12-17(14)22/h4-10,12,16,20,23H,11,13H2,1-3H3/t16-,20?/m0/s1. The van der Waals surface area contributed by atoms with Crippen LogP contribution < -0.4 is 5.32 Å². The molecule has 7 heteroatoms. The number of halogens is 2. The molecule has 2 aromatic rings. The minimum absolute atomic E-state index is 0.122. The summed E-state index contributed by atoms with van der Waals surface area (Å²) in [7, 11) is 6.10. The van der Waals surface area contributed by atoms with E-state index in [1.807, 2.05) is 19.2 Å². The zero-order chi connectivity index (χ0) is 19.4. The normalized spacial score (nSPS) is 18.1. The molecule has 1 aromatic heterocycles. The van der Waals surface area contributed by atoms with E-state index in [1.54, 1.807) is 17.4 Å². The summed E-state index contributed by atoms with van der Waals surface area (Å²) in [5, 5.41) is 6.76. The summed E-state index contributed by atoms with van der Waals surface area (Å²) in [6, 6.07) is 10.1. The van der Waals surface area contributed by atoms with Gasteiger partial charge in [0.15, 0.2) is 6.29 Å². The molecule has 1 aromatic carbocycles. The summed E-state index contributed by atoms with van der Waals surface area (Å²) in [5.74, 6) is 0. The summed E-state index contributed by atoms with van der Waals surface area (Å²) < 4.78 is 0. The molecule has 1 aliphatic rings. The smallest absolute Gasteiger partial charge is 0.176 e. The second-order valence-electron chi connectivity index (χ2n) is 6.77. The highest BCUT2D eigenvalue weighted by Gasteiger charge is 2.26. The van der Waals surface area contributed by atoms with Gasteiger partial charge in [0.05, 0.1) is 10.6 Å². The van der Waals surface area contributed by atoms with Crippen LogP contribution in [-0.2, 0) is 6.42 Å². The van der Waals surface area contributed by atoms with Crippen LogP contribution in [0.1, 0.15) is 10.4 Å². The third-order valence-corrected chi connectivity index (χ3v) is 5.93. The van der Waals surface area contributed by atoms with Crippen molar-refractivity contribution in [2.24, 2.45) is 4.99 Å². The summed E-state index contributed by atoms with van der Waals surface area (Å²) in [4.78, 5) is 10.5. The molecule has 1 N–H and O–H groups in total. The van der Waals surface area contributed by atoms with Gasteiger partial charge in [0, 0.05) is 28.8 Å². The first kappa shape index (κ1) is 20.4. The minimum atomic E-state index is -0.122. The van der Waals surface area contributed by atoms with Crippen molar-refractivity contribution in [3.05, 3.63) is 68.5 Å². The van der Waals surface area contributed by atoms with Gasteiger partial charge in [-0.2, -0.15) is 0 Å². The van der Waals surface area contributed by atoms with E-state index < -0.39 is 0 Å². The average molecular weight is 423 g/mol. The summed E-state index contributed by atoms with van der Waals surface area (Å²) >= 11 is 14.2. The molecule has 0 saturated heterocycles. The third-order valence-electron chi connectivity index (χ3n) is 4.45. The Bertz CT molecular complexity index is 817. The monoisotopic (exact) mass is 422 g/mol. The van der Waals surface area contributed by atoms with Crippen LogP contribution in [0.3, 0.4) is 0 Å². The molecule has 0 amide bonds. The van der Waals surface area contributed by atoms with Crippen molar-refractivity contribution < 1.29 is 0 Å². The van der Waals surface area contributed by atoms with E-state index >= 15 is 0 Å². The van der Waals surface area contributed by atoms with Crippen molar-refractivity contribution >= 4 is 40.3 Å². The van der Waals surface area contributed by atoms with Gasteiger partial charge in [-0.15, -0.1) is 11.3 Å². The van der Waals surface area contributed by atoms with Gasteiger partial charge in [-0.1, -0.05) is 35.3 Å². The fourth-order valence-electron chi connectivity index (χ4n) is 3.21. The molecule has 0 aliphatic carbocycles. The lowest BCUT2D eigenvalue weighted by atomic mass is 10.0. The Balaban J connectivity index is 1.85. The molecule has 0 fully saturated rings. The van der Waals surface area contributed by atoms with E-state index in [4.69, 9.17) is 28.2 Å². The van der Waals surface area contributed by atoms with Crippen molar-refractivity contribution in [3.8, 4) is 0 Å². The van der Waals surface area contributed by atoms with E-state index in [9.17, 15) is 0 Å². The van der Waals surface area contributed by atoms with Gasteiger partial charge < -0.3 is 9.80 Å². The summed E-state index contributed by atoms with van der Waals surface area (Å²) in [6.07, 6.45) is 4.91. The number of nitrogens with zero attached hydrogens (tertiary/aromatic N) is 3. The Kier molecular flexibility index (Phi) is 6.95. The van der Waals surface area contributed by atoms with Crippen molar-refractivity contribution in [1.29, 1.82) is 0 Å². The van der Waals surface area contributed by atoms with E-state index in [1.165, 1.54) is 4.88 Å². The molecule has 0 radical (unpaired) electrons. The van der Waals surface area contributed by atoms with Gasteiger partial charge in [0.2, 0.25) is 0 Å². The maximum atomic E-state index is 6.43. The summed E-state index contributed by atoms with van der Waals surface area (Å²) in [5.41, 5.74) is 2.10. The van der Waals surface area contributed by atoms with Crippen LogP contribution in [0.4, 0.5) is 0 Å². The van der Waals surface area contributed by atoms with Gasteiger partial charge >= 0.3 is 0 Å². The molecular formula is C20H24Cl2N4S. The van der Waals surface area contributed by atoms with E-state index in [0.29, 0.717) is 10.0 Å². The van der Waals surface area contributed by atoms with Crippen molar-refractivity contribution in [1.82, 2.24) is 15.1 Å². The molecule has 2 heterocycles. The SMILES string of the molecule is CNC1N=C(c2cccs2)C=CN1[C@@H](Cc1ccc(Cl)cc1Cl)CN(C)C. The first-order valence-electron chi connectivity index (χ1n) is 8.81. The highest BCUT2D eigenvalue weighted by molar-refractivity contribution is 7.12. The predicted molar refractivity (Wildman–Crippen MR) is 117 cm³/mol. The van der Waals surface area contributed by atoms with Gasteiger partial charge in [0.1, 0.15) is 0 Å². The Morgan fingerprint density at radius 3 is 2.74 bits per heavy atom. The molecule has 2 atom stereocenters. The van der Waals surface area contributed by atoms with Crippen molar-refractivity contribution in [2.45, 2.75) is 18.8 Å². The number of likely N-dealkylation sites (N-methyl/N-ethyl adjacent to an activating group) is 1. The minimum Gasteiger partial charge on any atom is -0.339 e. The van der Waals surface area contributed by atoms with Crippen LogP contribution in [0.2, 0.25) is 10.0 Å². The highest BCUT2D eigenvalue weighted by atomic mass is 35.5. The fraction of sp³-hybridized carbons (Fsp3) is 0.350. The Morgan fingerprint density at radius 2 is 2.11 bits per heavy atom. The average Bonchev–Trinajstić information content (AvgIpc) is 3.17. The molecule has 144 valence electrons. The Morgan fingerprint density at radius 1 is 1.30 bits per heavy atom. The number of aliphatic imine (C=N–C) groups is 1. The maximum absolute atomic E-state index is 6.43. The second-order valence-corrected chi connectivity index (χ2v) is 8.56. The van der Waals surface area contributed by atoms with Gasteiger partial charge in [0.25, 0.3) is 0 Å². The third kappa shape index (κ3) is 5.12.